The molecule has 0 bridgehead atoms. The Morgan fingerprint density at radius 1 is 1.56 bits per heavy atom. The fourth-order valence-corrected chi connectivity index (χ4v) is 2.23. The van der Waals surface area contributed by atoms with Gasteiger partial charge in [0.15, 0.2) is 5.82 Å². The highest BCUT2D eigenvalue weighted by atomic mass is 32.2. The number of nitrogens with zero attached hydrogens (tertiary/aromatic N) is 1. The molecule has 0 amide bonds. The van der Waals surface area contributed by atoms with E-state index < -0.39 is 15.8 Å². The third-order valence-corrected chi connectivity index (χ3v) is 3.23. The lowest BCUT2D eigenvalue weighted by molar-refractivity contribution is 0.597. The van der Waals surface area contributed by atoms with E-state index in [1.807, 2.05) is 0 Å². The molecule has 0 atom stereocenters. The summed E-state index contributed by atoms with van der Waals surface area (Å²) in [5, 5.41) is 8.48. The topological polar surface area (TPSA) is 70.0 Å². The van der Waals surface area contributed by atoms with Crippen LogP contribution < -0.4 is 4.72 Å². The summed E-state index contributed by atoms with van der Waals surface area (Å²) in [5.41, 5.74) is -0.164. The van der Waals surface area contributed by atoms with Crippen molar-refractivity contribution in [1.29, 1.82) is 5.26 Å². The minimum Gasteiger partial charge on any atom is -0.281 e. The lowest BCUT2D eigenvalue weighted by atomic mass is 10.2. The molecule has 1 N–H and O–H groups in total. The quantitative estimate of drug-likeness (QED) is 0.871. The van der Waals surface area contributed by atoms with Gasteiger partial charge in [-0.15, -0.1) is 0 Å². The second-order valence-electron chi connectivity index (χ2n) is 3.13. The number of hydrogen-bond donors (Lipinski definition) is 1. The molecule has 0 aliphatic carbocycles. The number of benzene rings is 1. The van der Waals surface area contributed by atoms with Gasteiger partial charge in [-0.05, 0) is 18.6 Å². The average molecular weight is 241 g/mol. The number of rotatable bonds is 4. The van der Waals surface area contributed by atoms with Crippen LogP contribution in [0, 0.1) is 23.2 Å². The van der Waals surface area contributed by atoms with Crippen molar-refractivity contribution >= 4 is 15.7 Å². The Hall–Kier alpha value is -1.61. The molecule has 0 aromatic heterocycles. The summed E-state index contributed by atoms with van der Waals surface area (Å²) in [6, 6.07) is 6.35. The zero-order valence-corrected chi connectivity index (χ0v) is 9.44. The first-order chi connectivity index (χ1) is 7.48. The van der Waals surface area contributed by atoms with Crippen LogP contribution in [0.25, 0.3) is 0 Å². The van der Waals surface area contributed by atoms with Gasteiger partial charge in [0.2, 0.25) is 10.0 Å². The van der Waals surface area contributed by atoms with E-state index in [-0.39, 0.29) is 17.0 Å². The van der Waals surface area contributed by atoms with Crippen molar-refractivity contribution in [2.75, 3.05) is 10.5 Å². The Labute approximate surface area is 93.8 Å². The summed E-state index contributed by atoms with van der Waals surface area (Å²) in [4.78, 5) is 0. The first-order valence-corrected chi connectivity index (χ1v) is 6.26. The second-order valence-corrected chi connectivity index (χ2v) is 4.97. The van der Waals surface area contributed by atoms with Crippen molar-refractivity contribution in [2.24, 2.45) is 0 Å². The average Bonchev–Trinajstić information content (AvgIpc) is 2.20. The summed E-state index contributed by atoms with van der Waals surface area (Å²) in [5.74, 6) is -0.953. The number of nitrogens with one attached hydrogen (secondary N) is 1. The van der Waals surface area contributed by atoms with Crippen molar-refractivity contribution in [1.82, 2.24) is 0 Å². The van der Waals surface area contributed by atoms with Gasteiger partial charge in [-0.25, -0.2) is 12.8 Å². The SMILES string of the molecule is CCCS(=O)(=O)Nc1ccc(C#N)[c]c1F. The first-order valence-electron chi connectivity index (χ1n) is 4.61. The molecule has 0 spiro atoms. The second kappa shape index (κ2) is 4.94. The smallest absolute Gasteiger partial charge is 0.232 e. The number of nitriles is 1. The predicted molar refractivity (Wildman–Crippen MR) is 57.7 cm³/mol. The molecule has 4 nitrogen and oxygen atoms in total. The Bertz CT molecular complexity index is 520. The molecule has 1 aromatic rings. The van der Waals surface area contributed by atoms with Gasteiger partial charge in [0, 0.05) is 6.07 Å². The lowest BCUT2D eigenvalue weighted by Gasteiger charge is -2.07. The van der Waals surface area contributed by atoms with Crippen molar-refractivity contribution in [3.05, 3.63) is 29.6 Å². The zero-order valence-electron chi connectivity index (χ0n) is 8.62. The van der Waals surface area contributed by atoms with Gasteiger partial charge in [-0.2, -0.15) is 5.26 Å². The summed E-state index contributed by atoms with van der Waals surface area (Å²) in [6.07, 6.45) is 0.441. The van der Waals surface area contributed by atoms with Crippen LogP contribution in [0.3, 0.4) is 0 Å². The predicted octanol–water partition coefficient (Wildman–Crippen LogP) is 1.65. The van der Waals surface area contributed by atoms with E-state index in [1.165, 1.54) is 12.1 Å². The molecule has 1 aromatic carbocycles. The molecule has 85 valence electrons. The fourth-order valence-electron chi connectivity index (χ4n) is 1.10. The Balaban J connectivity index is 2.96. The number of halogens is 1. The molecule has 1 rings (SSSR count). The summed E-state index contributed by atoms with van der Waals surface area (Å²) in [6.45, 7) is 1.71. The molecule has 6 heteroatoms. The van der Waals surface area contributed by atoms with Gasteiger partial charge in [-0.3, -0.25) is 4.72 Å². The largest absolute Gasteiger partial charge is 0.281 e. The molecular formula is C10H10FN2O2S. The van der Waals surface area contributed by atoms with E-state index in [4.69, 9.17) is 5.26 Å². The lowest BCUT2D eigenvalue weighted by Crippen LogP contribution is -2.17. The Morgan fingerprint density at radius 2 is 2.25 bits per heavy atom. The van der Waals surface area contributed by atoms with Gasteiger partial charge in [-0.1, -0.05) is 6.92 Å². The molecule has 0 unspecified atom stereocenters. The van der Waals surface area contributed by atoms with E-state index >= 15 is 0 Å². The third-order valence-electron chi connectivity index (χ3n) is 1.76. The Morgan fingerprint density at radius 3 is 2.75 bits per heavy atom. The van der Waals surface area contributed by atoms with Crippen molar-refractivity contribution in [3.8, 4) is 6.07 Å². The molecule has 0 aliphatic rings. The van der Waals surface area contributed by atoms with E-state index in [0.29, 0.717) is 6.42 Å². The number of sulfonamides is 1. The van der Waals surface area contributed by atoms with E-state index in [1.54, 1.807) is 13.0 Å². The normalized spacial score (nSPS) is 10.8. The van der Waals surface area contributed by atoms with Crippen LogP contribution in [0.15, 0.2) is 12.1 Å². The molecule has 0 saturated carbocycles. The van der Waals surface area contributed by atoms with Crippen LogP contribution in [0.4, 0.5) is 10.1 Å². The van der Waals surface area contributed by atoms with Crippen LogP contribution in [0.2, 0.25) is 0 Å². The molecule has 0 heterocycles. The molecule has 0 aliphatic heterocycles. The molecular weight excluding hydrogens is 231 g/mol. The molecule has 16 heavy (non-hydrogen) atoms. The monoisotopic (exact) mass is 241 g/mol. The van der Waals surface area contributed by atoms with Crippen molar-refractivity contribution in [3.63, 3.8) is 0 Å². The minimum atomic E-state index is -3.52. The Kier molecular flexibility index (Phi) is 3.85. The first kappa shape index (κ1) is 12.5. The van der Waals surface area contributed by atoms with Crippen LogP contribution in [-0.2, 0) is 10.0 Å². The maximum atomic E-state index is 13.3. The van der Waals surface area contributed by atoms with Gasteiger partial charge in [0.05, 0.1) is 23.1 Å². The minimum absolute atomic E-state index is 0.0240. The van der Waals surface area contributed by atoms with Crippen LogP contribution in [0.5, 0.6) is 0 Å². The van der Waals surface area contributed by atoms with E-state index in [2.05, 4.69) is 10.8 Å². The molecule has 0 saturated heterocycles. The van der Waals surface area contributed by atoms with Gasteiger partial charge >= 0.3 is 0 Å². The zero-order chi connectivity index (χ0) is 12.2. The maximum absolute atomic E-state index is 13.3. The van der Waals surface area contributed by atoms with Crippen molar-refractivity contribution in [2.45, 2.75) is 13.3 Å². The highest BCUT2D eigenvalue weighted by molar-refractivity contribution is 7.92. The van der Waals surface area contributed by atoms with Crippen LogP contribution in [0.1, 0.15) is 18.9 Å². The van der Waals surface area contributed by atoms with E-state index in [0.717, 1.165) is 0 Å². The van der Waals surface area contributed by atoms with Crippen LogP contribution in [-0.4, -0.2) is 14.2 Å². The highest BCUT2D eigenvalue weighted by Gasteiger charge is 2.12. The van der Waals surface area contributed by atoms with E-state index in [9.17, 15) is 12.8 Å². The maximum Gasteiger partial charge on any atom is 0.232 e. The number of hydrogen-bond acceptors (Lipinski definition) is 3. The fraction of sp³-hybridized carbons (Fsp3) is 0.300. The van der Waals surface area contributed by atoms with Gasteiger partial charge < -0.3 is 0 Å². The summed E-state index contributed by atoms with van der Waals surface area (Å²) >= 11 is 0. The molecule has 0 fully saturated rings. The third kappa shape index (κ3) is 3.21. The summed E-state index contributed by atoms with van der Waals surface area (Å²) in [7, 11) is -3.52. The van der Waals surface area contributed by atoms with Crippen molar-refractivity contribution < 1.29 is 12.8 Å². The number of anilines is 1. The van der Waals surface area contributed by atoms with Gasteiger partial charge in [0.1, 0.15) is 0 Å². The standard InChI is InChI=1S/C10H10FN2O2S/c1-2-5-16(14,15)13-10-4-3-8(7-12)6-9(10)11/h3-4,13H,2,5H2,1H3. The summed E-state index contributed by atoms with van der Waals surface area (Å²) < 4.78 is 38.1. The highest BCUT2D eigenvalue weighted by Crippen LogP contribution is 2.16. The molecule has 1 radical (unpaired) electrons. The van der Waals surface area contributed by atoms with Crippen LogP contribution >= 0.6 is 0 Å². The van der Waals surface area contributed by atoms with Gasteiger partial charge in [0.25, 0.3) is 0 Å².